The molecule has 0 aliphatic carbocycles. The molecule has 1 N–H and O–H groups in total. The fourth-order valence-corrected chi connectivity index (χ4v) is 3.43. The molecule has 2 aliphatic heterocycles. The molecule has 2 heterocycles. The molecule has 1 aromatic carbocycles. The quantitative estimate of drug-likeness (QED) is 0.844. The van der Waals surface area contributed by atoms with Crippen molar-refractivity contribution in [3.63, 3.8) is 0 Å². The molecule has 2 atom stereocenters. The number of halogens is 1. The molecule has 0 saturated carbocycles. The van der Waals surface area contributed by atoms with Crippen LogP contribution < -0.4 is 0 Å². The van der Waals surface area contributed by atoms with Crippen LogP contribution in [-0.2, 0) is 0 Å². The number of hydrogen-bond donors (Lipinski definition) is 1. The van der Waals surface area contributed by atoms with Crippen LogP contribution in [0.25, 0.3) is 0 Å². The first kappa shape index (κ1) is 12.6. The standard InChI is InChI=1S/C15H18FNO2/c1-9-3-2-4-13(14(9)16)15(19)17-10-5-6-11(17)8-12(18)7-10/h2-4,10-12,18H,5-8H2,1H3. The second kappa shape index (κ2) is 4.60. The third-order valence-corrected chi connectivity index (χ3v) is 4.36. The molecule has 3 rings (SSSR count). The molecular formula is C15H18FNO2. The lowest BCUT2D eigenvalue weighted by molar-refractivity contribution is 0.0283. The molecule has 3 nitrogen and oxygen atoms in total. The monoisotopic (exact) mass is 263 g/mol. The van der Waals surface area contributed by atoms with Gasteiger partial charge in [0, 0.05) is 12.1 Å². The molecule has 2 fully saturated rings. The van der Waals surface area contributed by atoms with Gasteiger partial charge in [-0.1, -0.05) is 12.1 Å². The van der Waals surface area contributed by atoms with Crippen LogP contribution in [0.15, 0.2) is 18.2 Å². The molecule has 0 spiro atoms. The molecule has 1 aromatic rings. The number of rotatable bonds is 1. The highest BCUT2D eigenvalue weighted by Crippen LogP contribution is 2.37. The molecule has 2 aliphatic rings. The maximum atomic E-state index is 14.1. The summed E-state index contributed by atoms with van der Waals surface area (Å²) >= 11 is 0. The van der Waals surface area contributed by atoms with E-state index >= 15 is 0 Å². The summed E-state index contributed by atoms with van der Waals surface area (Å²) in [6.07, 6.45) is 2.76. The Morgan fingerprint density at radius 3 is 2.58 bits per heavy atom. The van der Waals surface area contributed by atoms with Crippen molar-refractivity contribution in [2.24, 2.45) is 0 Å². The van der Waals surface area contributed by atoms with Gasteiger partial charge in [0.1, 0.15) is 5.82 Å². The molecule has 0 aromatic heterocycles. The highest BCUT2D eigenvalue weighted by atomic mass is 19.1. The van der Waals surface area contributed by atoms with Gasteiger partial charge in [0.25, 0.3) is 5.91 Å². The van der Waals surface area contributed by atoms with Gasteiger partial charge in [-0.05, 0) is 44.2 Å². The summed E-state index contributed by atoms with van der Waals surface area (Å²) < 4.78 is 14.1. The van der Waals surface area contributed by atoms with Crippen LogP contribution in [0.5, 0.6) is 0 Å². The molecule has 0 radical (unpaired) electrons. The van der Waals surface area contributed by atoms with Crippen molar-refractivity contribution in [3.8, 4) is 0 Å². The first-order chi connectivity index (χ1) is 9.08. The number of amides is 1. The summed E-state index contributed by atoms with van der Waals surface area (Å²) in [7, 11) is 0. The molecule has 4 heteroatoms. The van der Waals surface area contributed by atoms with E-state index < -0.39 is 5.82 Å². The zero-order valence-corrected chi connectivity index (χ0v) is 11.0. The minimum atomic E-state index is -0.418. The van der Waals surface area contributed by atoms with E-state index in [1.807, 2.05) is 0 Å². The number of aliphatic hydroxyl groups excluding tert-OH is 1. The Labute approximate surface area is 112 Å². The number of aliphatic hydroxyl groups is 1. The second-order valence-electron chi connectivity index (χ2n) is 5.66. The Bertz CT molecular complexity index is 503. The summed E-state index contributed by atoms with van der Waals surface area (Å²) in [6, 6.07) is 5.07. The average Bonchev–Trinajstić information content (AvgIpc) is 2.64. The Kier molecular flexibility index (Phi) is 3.05. The minimum absolute atomic E-state index is 0.0705. The van der Waals surface area contributed by atoms with Gasteiger partial charge >= 0.3 is 0 Å². The predicted molar refractivity (Wildman–Crippen MR) is 69.4 cm³/mol. The normalized spacial score (nSPS) is 29.6. The van der Waals surface area contributed by atoms with Crippen LogP contribution in [-0.4, -0.2) is 34.1 Å². The van der Waals surface area contributed by atoms with Crippen LogP contribution in [0.3, 0.4) is 0 Å². The SMILES string of the molecule is Cc1cccc(C(=O)N2C3CCC2CC(O)C3)c1F. The topological polar surface area (TPSA) is 40.5 Å². The summed E-state index contributed by atoms with van der Waals surface area (Å²) in [6.45, 7) is 1.67. The summed E-state index contributed by atoms with van der Waals surface area (Å²) in [5.74, 6) is -0.640. The van der Waals surface area contributed by atoms with Crippen molar-refractivity contribution in [3.05, 3.63) is 35.1 Å². The number of benzene rings is 1. The molecule has 2 saturated heterocycles. The number of carbonyl (C=O) groups excluding carboxylic acids is 1. The van der Waals surface area contributed by atoms with Crippen molar-refractivity contribution in [1.29, 1.82) is 0 Å². The third kappa shape index (κ3) is 2.04. The highest BCUT2D eigenvalue weighted by Gasteiger charge is 2.43. The van der Waals surface area contributed by atoms with Gasteiger partial charge in [0.2, 0.25) is 0 Å². The number of piperidine rings is 1. The number of fused-ring (bicyclic) bond motifs is 2. The van der Waals surface area contributed by atoms with E-state index in [0.717, 1.165) is 12.8 Å². The molecule has 1 amide bonds. The zero-order chi connectivity index (χ0) is 13.6. The van der Waals surface area contributed by atoms with Crippen molar-refractivity contribution >= 4 is 5.91 Å². The Balaban J connectivity index is 1.91. The maximum Gasteiger partial charge on any atom is 0.257 e. The van der Waals surface area contributed by atoms with Crippen molar-refractivity contribution in [2.75, 3.05) is 0 Å². The molecule has 19 heavy (non-hydrogen) atoms. The van der Waals surface area contributed by atoms with E-state index in [0.29, 0.717) is 18.4 Å². The van der Waals surface area contributed by atoms with Gasteiger partial charge in [-0.3, -0.25) is 4.79 Å². The summed E-state index contributed by atoms with van der Waals surface area (Å²) in [4.78, 5) is 14.3. The van der Waals surface area contributed by atoms with Crippen LogP contribution >= 0.6 is 0 Å². The number of nitrogens with zero attached hydrogens (tertiary/aromatic N) is 1. The van der Waals surface area contributed by atoms with Gasteiger partial charge in [-0.15, -0.1) is 0 Å². The van der Waals surface area contributed by atoms with E-state index in [-0.39, 0.29) is 29.7 Å². The lowest BCUT2D eigenvalue weighted by Crippen LogP contribution is -2.48. The average molecular weight is 263 g/mol. The van der Waals surface area contributed by atoms with Crippen molar-refractivity contribution in [1.82, 2.24) is 4.90 Å². The van der Waals surface area contributed by atoms with Gasteiger partial charge in [-0.2, -0.15) is 0 Å². The molecular weight excluding hydrogens is 245 g/mol. The zero-order valence-electron chi connectivity index (χ0n) is 11.0. The van der Waals surface area contributed by atoms with Gasteiger partial charge in [0.05, 0.1) is 11.7 Å². The predicted octanol–water partition coefficient (Wildman–Crippen LogP) is 2.26. The Morgan fingerprint density at radius 1 is 1.32 bits per heavy atom. The fraction of sp³-hybridized carbons (Fsp3) is 0.533. The number of carbonyl (C=O) groups is 1. The van der Waals surface area contributed by atoms with E-state index in [1.54, 1.807) is 30.0 Å². The highest BCUT2D eigenvalue weighted by molar-refractivity contribution is 5.95. The minimum Gasteiger partial charge on any atom is -0.393 e. The number of hydrogen-bond acceptors (Lipinski definition) is 2. The smallest absolute Gasteiger partial charge is 0.257 e. The third-order valence-electron chi connectivity index (χ3n) is 4.36. The fourth-order valence-electron chi connectivity index (χ4n) is 3.43. The molecule has 2 bridgehead atoms. The van der Waals surface area contributed by atoms with E-state index in [9.17, 15) is 14.3 Å². The van der Waals surface area contributed by atoms with Gasteiger partial charge in [-0.25, -0.2) is 4.39 Å². The van der Waals surface area contributed by atoms with Crippen LogP contribution in [0.2, 0.25) is 0 Å². The molecule has 102 valence electrons. The van der Waals surface area contributed by atoms with E-state index in [1.165, 1.54) is 0 Å². The largest absolute Gasteiger partial charge is 0.393 e. The Morgan fingerprint density at radius 2 is 1.95 bits per heavy atom. The first-order valence-electron chi connectivity index (χ1n) is 6.83. The first-order valence-corrected chi connectivity index (χ1v) is 6.83. The van der Waals surface area contributed by atoms with E-state index in [2.05, 4.69) is 0 Å². The Hall–Kier alpha value is -1.42. The lowest BCUT2D eigenvalue weighted by atomic mass is 9.98. The van der Waals surface area contributed by atoms with E-state index in [4.69, 9.17) is 0 Å². The van der Waals surface area contributed by atoms with Crippen LogP contribution in [0, 0.1) is 12.7 Å². The summed E-state index contributed by atoms with van der Waals surface area (Å²) in [5.41, 5.74) is 0.656. The summed E-state index contributed by atoms with van der Waals surface area (Å²) in [5, 5.41) is 9.75. The maximum absolute atomic E-state index is 14.1. The van der Waals surface area contributed by atoms with Crippen molar-refractivity contribution in [2.45, 2.75) is 50.8 Å². The van der Waals surface area contributed by atoms with Gasteiger partial charge < -0.3 is 10.0 Å². The molecule has 2 unspecified atom stereocenters. The number of aryl methyl sites for hydroxylation is 1. The second-order valence-corrected chi connectivity index (χ2v) is 5.66. The van der Waals surface area contributed by atoms with Gasteiger partial charge in [0.15, 0.2) is 0 Å². The lowest BCUT2D eigenvalue weighted by Gasteiger charge is -2.37. The van der Waals surface area contributed by atoms with Crippen molar-refractivity contribution < 1.29 is 14.3 Å². The van der Waals surface area contributed by atoms with Crippen LogP contribution in [0.1, 0.15) is 41.6 Å². The van der Waals surface area contributed by atoms with Crippen LogP contribution in [0.4, 0.5) is 4.39 Å².